The molecule has 1 aromatic heterocycles. The van der Waals surface area contributed by atoms with Gasteiger partial charge < -0.3 is 10.5 Å². The Bertz CT molecular complexity index is 552. The Morgan fingerprint density at radius 3 is 2.38 bits per heavy atom. The number of aryl methyl sites for hydroxylation is 1. The molecule has 0 saturated carbocycles. The molecule has 0 unspecified atom stereocenters. The molecule has 0 aliphatic carbocycles. The summed E-state index contributed by atoms with van der Waals surface area (Å²) in [6.45, 7) is 1.76. The summed E-state index contributed by atoms with van der Waals surface area (Å²) in [4.78, 5) is 11.7. The van der Waals surface area contributed by atoms with Crippen LogP contribution in [0.3, 0.4) is 0 Å². The van der Waals surface area contributed by atoms with Gasteiger partial charge in [0.25, 0.3) is 5.56 Å². The lowest BCUT2D eigenvalue weighted by atomic mass is 10.3. The van der Waals surface area contributed by atoms with E-state index in [9.17, 15) is 4.79 Å². The minimum absolute atomic E-state index is 0.234. The molecule has 0 aliphatic rings. The Hall–Kier alpha value is -2.17. The summed E-state index contributed by atoms with van der Waals surface area (Å²) < 4.78 is 6.45. The van der Waals surface area contributed by atoms with Crippen LogP contribution in [0.15, 0.2) is 29.1 Å². The lowest BCUT2D eigenvalue weighted by molar-refractivity contribution is 0.414. The van der Waals surface area contributed by atoms with Crippen molar-refractivity contribution in [1.82, 2.24) is 9.78 Å². The van der Waals surface area contributed by atoms with Crippen LogP contribution in [0.25, 0.3) is 5.69 Å². The zero-order valence-electron chi connectivity index (χ0n) is 9.15. The van der Waals surface area contributed by atoms with Gasteiger partial charge in [-0.3, -0.25) is 9.89 Å². The number of aromatic nitrogens is 2. The highest BCUT2D eigenvalue weighted by molar-refractivity contribution is 5.44. The number of benzene rings is 1. The maximum atomic E-state index is 11.7. The highest BCUT2D eigenvalue weighted by Gasteiger charge is 2.08. The van der Waals surface area contributed by atoms with Gasteiger partial charge in [-0.05, 0) is 31.2 Å². The number of nitrogens with two attached hydrogens (primary N) is 1. The second kappa shape index (κ2) is 3.77. The number of anilines is 1. The maximum absolute atomic E-state index is 11.7. The Balaban J connectivity index is 2.50. The molecule has 16 heavy (non-hydrogen) atoms. The Labute approximate surface area is 92.4 Å². The summed E-state index contributed by atoms with van der Waals surface area (Å²) in [6, 6.07) is 7.15. The molecule has 0 aliphatic heterocycles. The van der Waals surface area contributed by atoms with Crippen molar-refractivity contribution in [2.75, 3.05) is 12.8 Å². The van der Waals surface area contributed by atoms with Crippen molar-refractivity contribution in [3.8, 4) is 11.4 Å². The second-order valence-corrected chi connectivity index (χ2v) is 3.49. The Morgan fingerprint density at radius 1 is 1.31 bits per heavy atom. The first-order valence-corrected chi connectivity index (χ1v) is 4.85. The number of nitrogen functional groups attached to an aromatic ring is 1. The van der Waals surface area contributed by atoms with Crippen LogP contribution >= 0.6 is 0 Å². The maximum Gasteiger partial charge on any atom is 0.294 e. The number of hydrogen-bond donors (Lipinski definition) is 2. The predicted molar refractivity (Wildman–Crippen MR) is 62.1 cm³/mol. The molecule has 1 heterocycles. The van der Waals surface area contributed by atoms with Gasteiger partial charge in [0.15, 0.2) is 0 Å². The summed E-state index contributed by atoms with van der Waals surface area (Å²) in [5, 5.41) is 2.90. The van der Waals surface area contributed by atoms with Crippen molar-refractivity contribution in [2.45, 2.75) is 6.92 Å². The molecular formula is C11H13N3O2. The number of H-pyrrole nitrogens is 1. The van der Waals surface area contributed by atoms with Crippen LogP contribution in [-0.4, -0.2) is 16.9 Å². The number of methoxy groups -OCH3 is 1. The third-order valence-electron chi connectivity index (χ3n) is 2.45. The van der Waals surface area contributed by atoms with Crippen molar-refractivity contribution in [3.05, 3.63) is 40.3 Å². The number of nitrogens with zero attached hydrogens (tertiary/aromatic N) is 1. The van der Waals surface area contributed by atoms with Crippen LogP contribution in [0.5, 0.6) is 5.75 Å². The second-order valence-electron chi connectivity index (χ2n) is 3.49. The van der Waals surface area contributed by atoms with E-state index >= 15 is 0 Å². The van der Waals surface area contributed by atoms with Crippen LogP contribution in [0.1, 0.15) is 5.69 Å². The number of hydrogen-bond acceptors (Lipinski definition) is 3. The van der Waals surface area contributed by atoms with Gasteiger partial charge in [0.1, 0.15) is 11.4 Å². The molecule has 1 aromatic carbocycles. The number of ether oxygens (including phenoxy) is 1. The fourth-order valence-corrected chi connectivity index (χ4v) is 1.47. The summed E-state index contributed by atoms with van der Waals surface area (Å²) in [6.07, 6.45) is 0. The Morgan fingerprint density at radius 2 is 1.94 bits per heavy atom. The lowest BCUT2D eigenvalue weighted by Gasteiger charge is -2.03. The van der Waals surface area contributed by atoms with E-state index < -0.39 is 0 Å². The third kappa shape index (κ3) is 1.56. The number of nitrogens with one attached hydrogen (secondary N) is 1. The van der Waals surface area contributed by atoms with Gasteiger partial charge in [0.05, 0.1) is 18.5 Å². The molecule has 2 rings (SSSR count). The third-order valence-corrected chi connectivity index (χ3v) is 2.45. The first-order chi connectivity index (χ1) is 7.63. The molecule has 84 valence electrons. The molecule has 0 radical (unpaired) electrons. The van der Waals surface area contributed by atoms with Crippen LogP contribution in [0.4, 0.5) is 5.69 Å². The molecule has 0 atom stereocenters. The highest BCUT2D eigenvalue weighted by atomic mass is 16.5. The highest BCUT2D eigenvalue weighted by Crippen LogP contribution is 2.14. The molecule has 0 saturated heterocycles. The Kier molecular flexibility index (Phi) is 2.44. The van der Waals surface area contributed by atoms with Crippen LogP contribution in [0, 0.1) is 6.92 Å². The predicted octanol–water partition coefficient (Wildman–Crippen LogP) is 1.06. The first kappa shape index (κ1) is 10.4. The molecule has 5 nitrogen and oxygen atoms in total. The standard InChI is InChI=1S/C11H13N3O2/c1-7-10(12)11(15)14(13-7)8-3-5-9(16-2)6-4-8/h3-6,13H,12H2,1-2H3. The fraction of sp³-hybridized carbons (Fsp3) is 0.182. The largest absolute Gasteiger partial charge is 0.497 e. The molecule has 0 bridgehead atoms. The topological polar surface area (TPSA) is 73.0 Å². The van der Waals surface area contributed by atoms with Gasteiger partial charge >= 0.3 is 0 Å². The average Bonchev–Trinajstić information content (AvgIpc) is 2.57. The van der Waals surface area contributed by atoms with Gasteiger partial charge in [-0.15, -0.1) is 0 Å². The van der Waals surface area contributed by atoms with Crippen molar-refractivity contribution in [2.24, 2.45) is 0 Å². The fourth-order valence-electron chi connectivity index (χ4n) is 1.47. The van der Waals surface area contributed by atoms with E-state index in [1.54, 1.807) is 38.3 Å². The molecule has 3 N–H and O–H groups in total. The van der Waals surface area contributed by atoms with Gasteiger partial charge in [0, 0.05) is 0 Å². The van der Waals surface area contributed by atoms with Gasteiger partial charge in [-0.25, -0.2) is 4.68 Å². The molecule has 0 spiro atoms. The first-order valence-electron chi connectivity index (χ1n) is 4.85. The number of rotatable bonds is 2. The normalized spacial score (nSPS) is 10.4. The molecular weight excluding hydrogens is 206 g/mol. The van der Waals surface area contributed by atoms with Crippen molar-refractivity contribution < 1.29 is 4.74 Å². The lowest BCUT2D eigenvalue weighted by Crippen LogP contribution is -2.16. The monoisotopic (exact) mass is 219 g/mol. The van der Waals surface area contributed by atoms with Crippen LogP contribution < -0.4 is 16.0 Å². The van der Waals surface area contributed by atoms with Crippen LogP contribution in [0.2, 0.25) is 0 Å². The molecule has 0 amide bonds. The van der Waals surface area contributed by atoms with E-state index in [4.69, 9.17) is 10.5 Å². The number of aromatic amines is 1. The zero-order chi connectivity index (χ0) is 11.7. The summed E-state index contributed by atoms with van der Waals surface area (Å²) in [5.41, 5.74) is 7.01. The SMILES string of the molecule is COc1ccc(-n2[nH]c(C)c(N)c2=O)cc1. The quantitative estimate of drug-likeness (QED) is 0.793. The van der Waals surface area contributed by atoms with E-state index in [2.05, 4.69) is 5.10 Å². The summed E-state index contributed by atoms with van der Waals surface area (Å²) in [7, 11) is 1.60. The minimum atomic E-state index is -0.234. The smallest absolute Gasteiger partial charge is 0.294 e. The van der Waals surface area contributed by atoms with Crippen molar-refractivity contribution in [3.63, 3.8) is 0 Å². The van der Waals surface area contributed by atoms with E-state index in [0.717, 1.165) is 11.4 Å². The van der Waals surface area contributed by atoms with E-state index in [0.29, 0.717) is 5.69 Å². The van der Waals surface area contributed by atoms with Crippen LogP contribution in [-0.2, 0) is 0 Å². The van der Waals surface area contributed by atoms with E-state index in [-0.39, 0.29) is 11.2 Å². The van der Waals surface area contributed by atoms with Gasteiger partial charge in [-0.2, -0.15) is 0 Å². The van der Waals surface area contributed by atoms with E-state index in [1.807, 2.05) is 0 Å². The molecule has 2 aromatic rings. The van der Waals surface area contributed by atoms with E-state index in [1.165, 1.54) is 4.68 Å². The zero-order valence-corrected chi connectivity index (χ0v) is 9.15. The van der Waals surface area contributed by atoms with Crippen molar-refractivity contribution in [1.29, 1.82) is 0 Å². The minimum Gasteiger partial charge on any atom is -0.497 e. The summed E-state index contributed by atoms with van der Waals surface area (Å²) >= 11 is 0. The average molecular weight is 219 g/mol. The molecule has 5 heteroatoms. The van der Waals surface area contributed by atoms with Crippen molar-refractivity contribution >= 4 is 5.69 Å². The molecule has 0 fully saturated rings. The summed E-state index contributed by atoms with van der Waals surface area (Å²) in [5.74, 6) is 0.744. The van der Waals surface area contributed by atoms with Gasteiger partial charge in [0.2, 0.25) is 0 Å². The van der Waals surface area contributed by atoms with Gasteiger partial charge in [-0.1, -0.05) is 0 Å².